The van der Waals surface area contributed by atoms with Crippen LogP contribution in [-0.2, 0) is 11.0 Å². The molecule has 0 atom stereocenters. The minimum Gasteiger partial charge on any atom is -0.342 e. The van der Waals surface area contributed by atoms with Crippen molar-refractivity contribution in [3.63, 3.8) is 0 Å². The average molecular weight is 728 g/mol. The Morgan fingerprint density at radius 1 is 0.925 bits per heavy atom. The molecule has 53 heavy (non-hydrogen) atoms. The van der Waals surface area contributed by atoms with Crippen molar-refractivity contribution in [1.82, 2.24) is 29.1 Å². The smallest absolute Gasteiger partial charge is 0.342 e. The van der Waals surface area contributed by atoms with Gasteiger partial charge in [-0.25, -0.2) is 18.8 Å². The molecule has 14 heteroatoms. The van der Waals surface area contributed by atoms with Crippen LogP contribution in [-0.4, -0.2) is 87.1 Å². The number of hydrogen-bond donors (Lipinski definition) is 1. The van der Waals surface area contributed by atoms with Crippen molar-refractivity contribution in [3.8, 4) is 28.8 Å². The number of carbonyl (C=O) groups is 2. The van der Waals surface area contributed by atoms with E-state index in [9.17, 15) is 32.8 Å². The van der Waals surface area contributed by atoms with Gasteiger partial charge < -0.3 is 14.7 Å². The number of halogens is 3. The number of hydrogen-bond acceptors (Lipinski definition) is 5. The Morgan fingerprint density at radius 3 is 2.11 bits per heavy atom. The molecule has 5 aromatic rings. The van der Waals surface area contributed by atoms with Crippen LogP contribution in [0.2, 0.25) is 0 Å². The molecule has 3 aromatic carbocycles. The first-order valence-electron chi connectivity index (χ1n) is 17.1. The number of nitrogens with zero attached hydrogens (tertiary/aromatic N) is 7. The second-order valence-electron chi connectivity index (χ2n) is 13.7. The van der Waals surface area contributed by atoms with Gasteiger partial charge in [0.05, 0.1) is 80.3 Å². The number of carbonyl (C=O) groups excluding carboxylic acids is 2. The molecule has 0 bridgehead atoms. The van der Waals surface area contributed by atoms with Crippen LogP contribution < -0.4 is 11.0 Å². The van der Waals surface area contributed by atoms with Crippen LogP contribution in [0.3, 0.4) is 0 Å². The normalized spacial score (nSPS) is 13.5. The van der Waals surface area contributed by atoms with E-state index in [1.54, 1.807) is 42.2 Å². The van der Waals surface area contributed by atoms with Crippen LogP contribution in [0.5, 0.6) is 0 Å². The number of likely N-dealkylation sites (tertiary alicyclic amines) is 1. The quantitative estimate of drug-likeness (QED) is 0.206. The van der Waals surface area contributed by atoms with Gasteiger partial charge in [-0.1, -0.05) is 42.5 Å². The maximum atomic E-state index is 14.0. The first-order valence-corrected chi connectivity index (χ1v) is 17.1. The Labute approximate surface area is 305 Å². The summed E-state index contributed by atoms with van der Waals surface area (Å²) in [5.74, 6) is 0.0474. The number of piperidine rings is 1. The standard InChI is InChI=1S/C33H35F3N8O3.C6H6/c1-22-30(28-12-16-38-43(28)26-10-8-23(21-37)9-11-26)42(32(47)41(22)27-7-5-6-24(20-27)33(34,35)36)31(46)39-25-13-17-40(18-14-25)29(45)15-19-44(2,3)4;1-2-4-6-5-3-1/h5-12,16,20,25H,13-15,17-19H2,1-4H3;1-6H/p+1. The maximum Gasteiger partial charge on any atom is 0.416 e. The molecule has 6 rings (SSSR count). The number of imidazole rings is 1. The van der Waals surface area contributed by atoms with Gasteiger partial charge in [0.2, 0.25) is 5.91 Å². The minimum absolute atomic E-state index is 0.0474. The van der Waals surface area contributed by atoms with Gasteiger partial charge in [0, 0.05) is 19.1 Å². The van der Waals surface area contributed by atoms with Crippen LogP contribution in [0.25, 0.3) is 22.8 Å². The molecule has 1 aliphatic rings. The van der Waals surface area contributed by atoms with Gasteiger partial charge in [0.25, 0.3) is 0 Å². The van der Waals surface area contributed by atoms with Gasteiger partial charge >= 0.3 is 17.9 Å². The van der Waals surface area contributed by atoms with Crippen molar-refractivity contribution >= 4 is 11.9 Å². The Bertz CT molecular complexity index is 2110. The first kappa shape index (κ1) is 38.3. The Hall–Kier alpha value is -5.94. The summed E-state index contributed by atoms with van der Waals surface area (Å²) in [6, 6.07) is 25.4. The molecule has 2 amide bonds. The number of amides is 2. The fraction of sp³-hybridized carbons (Fsp3) is 0.308. The van der Waals surface area contributed by atoms with Crippen LogP contribution in [0, 0.1) is 18.3 Å². The van der Waals surface area contributed by atoms with Crippen molar-refractivity contribution in [2.75, 3.05) is 40.8 Å². The van der Waals surface area contributed by atoms with E-state index in [-0.39, 0.29) is 29.0 Å². The number of nitriles is 1. The van der Waals surface area contributed by atoms with Crippen molar-refractivity contribution < 1.29 is 27.2 Å². The number of quaternary nitrogens is 1. The third-order valence-corrected chi connectivity index (χ3v) is 8.88. The fourth-order valence-electron chi connectivity index (χ4n) is 6.07. The minimum atomic E-state index is -4.65. The van der Waals surface area contributed by atoms with Gasteiger partial charge in [0.15, 0.2) is 0 Å². The fourth-order valence-corrected chi connectivity index (χ4v) is 6.07. The number of nitrogens with one attached hydrogen (secondary N) is 1. The molecule has 11 nitrogen and oxygen atoms in total. The maximum absolute atomic E-state index is 14.0. The van der Waals surface area contributed by atoms with E-state index in [2.05, 4.69) is 10.4 Å². The Kier molecular flexibility index (Phi) is 11.7. The lowest BCUT2D eigenvalue weighted by atomic mass is 10.0. The highest BCUT2D eigenvalue weighted by molar-refractivity contribution is 5.83. The summed E-state index contributed by atoms with van der Waals surface area (Å²) in [6.45, 7) is 3.14. The SMILES string of the molecule is Cc1c(-c2ccnn2-c2ccc(C#N)cc2)n(C(=O)NC2CCN(C(=O)CC[N+](C)(C)C)CC2)c(=O)n1-c1cccc(C(F)(F)F)c1.c1ccccc1. The Morgan fingerprint density at radius 2 is 1.55 bits per heavy atom. The molecule has 2 aromatic heterocycles. The molecule has 1 fully saturated rings. The lowest BCUT2D eigenvalue weighted by molar-refractivity contribution is -0.869. The van der Waals surface area contributed by atoms with E-state index in [1.807, 2.05) is 63.6 Å². The van der Waals surface area contributed by atoms with Gasteiger partial charge in [-0.15, -0.1) is 0 Å². The predicted octanol–water partition coefficient (Wildman–Crippen LogP) is 6.02. The molecule has 1 saturated heterocycles. The van der Waals surface area contributed by atoms with Crippen molar-refractivity contribution in [1.29, 1.82) is 5.26 Å². The number of benzene rings is 3. The zero-order valence-electron chi connectivity index (χ0n) is 30.0. The van der Waals surface area contributed by atoms with Crippen LogP contribution in [0.4, 0.5) is 18.0 Å². The van der Waals surface area contributed by atoms with E-state index in [1.165, 1.54) is 23.0 Å². The van der Waals surface area contributed by atoms with Crippen LogP contribution in [0.15, 0.2) is 102 Å². The molecule has 276 valence electrons. The van der Waals surface area contributed by atoms with Crippen LogP contribution >= 0.6 is 0 Å². The summed E-state index contributed by atoms with van der Waals surface area (Å²) in [5, 5.41) is 16.5. The Balaban J connectivity index is 0.000000820. The summed E-state index contributed by atoms with van der Waals surface area (Å²) in [4.78, 5) is 42.5. The molecule has 1 N–H and O–H groups in total. The van der Waals surface area contributed by atoms with Gasteiger partial charge in [-0.05, 0) is 68.3 Å². The zero-order chi connectivity index (χ0) is 38.3. The second kappa shape index (κ2) is 16.2. The van der Waals surface area contributed by atoms with Crippen molar-refractivity contribution in [2.24, 2.45) is 0 Å². The summed E-state index contributed by atoms with van der Waals surface area (Å²) >= 11 is 0. The third-order valence-electron chi connectivity index (χ3n) is 8.88. The highest BCUT2D eigenvalue weighted by Crippen LogP contribution is 2.32. The zero-order valence-corrected chi connectivity index (χ0v) is 30.0. The predicted molar refractivity (Wildman–Crippen MR) is 195 cm³/mol. The number of aromatic nitrogens is 4. The molecule has 3 heterocycles. The summed E-state index contributed by atoms with van der Waals surface area (Å²) in [5.41, 5.74) is -0.191. The lowest BCUT2D eigenvalue weighted by Gasteiger charge is -2.33. The van der Waals surface area contributed by atoms with Gasteiger partial charge in [-0.3, -0.25) is 9.36 Å². The van der Waals surface area contributed by atoms with Crippen molar-refractivity contribution in [2.45, 2.75) is 38.4 Å². The highest BCUT2D eigenvalue weighted by atomic mass is 19.4. The molecule has 0 aliphatic carbocycles. The van der Waals surface area contributed by atoms with Gasteiger partial charge in [0.1, 0.15) is 5.69 Å². The van der Waals surface area contributed by atoms with E-state index in [0.29, 0.717) is 60.3 Å². The molecular weight excluding hydrogens is 685 g/mol. The molecule has 0 radical (unpaired) electrons. The molecular formula is C39H42F3N8O3+. The summed E-state index contributed by atoms with van der Waals surface area (Å²) in [6.07, 6.45) is -1.81. The summed E-state index contributed by atoms with van der Waals surface area (Å²) in [7, 11) is 6.06. The lowest BCUT2D eigenvalue weighted by Crippen LogP contribution is -2.49. The van der Waals surface area contributed by atoms with E-state index >= 15 is 0 Å². The molecule has 0 unspecified atom stereocenters. The number of rotatable bonds is 7. The largest absolute Gasteiger partial charge is 0.416 e. The van der Waals surface area contributed by atoms with Crippen molar-refractivity contribution in [3.05, 3.63) is 124 Å². The molecule has 0 saturated carbocycles. The van der Waals surface area contributed by atoms with E-state index < -0.39 is 23.5 Å². The highest BCUT2D eigenvalue weighted by Gasteiger charge is 2.33. The number of alkyl halides is 3. The first-order chi connectivity index (χ1) is 25.2. The molecule has 0 spiro atoms. The third kappa shape index (κ3) is 9.30. The van der Waals surface area contributed by atoms with E-state index in [4.69, 9.17) is 0 Å². The van der Waals surface area contributed by atoms with Crippen LogP contribution in [0.1, 0.15) is 36.1 Å². The second-order valence-corrected chi connectivity index (χ2v) is 13.7. The molecule has 1 aliphatic heterocycles. The monoisotopic (exact) mass is 727 g/mol. The van der Waals surface area contributed by atoms with Gasteiger partial charge in [-0.2, -0.15) is 23.5 Å². The average Bonchev–Trinajstić information content (AvgIpc) is 3.72. The van der Waals surface area contributed by atoms with E-state index in [0.717, 1.165) is 21.3 Å². The summed E-state index contributed by atoms with van der Waals surface area (Å²) < 4.78 is 45.1. The topological polar surface area (TPSA) is 118 Å².